The number of rotatable bonds is 2. The van der Waals surface area contributed by atoms with E-state index in [2.05, 4.69) is 23.7 Å². The molecule has 0 atom stereocenters. The Morgan fingerprint density at radius 1 is 1.67 bits per heavy atom. The van der Waals surface area contributed by atoms with Crippen molar-refractivity contribution in [1.82, 2.24) is 10.2 Å². The van der Waals surface area contributed by atoms with Crippen LogP contribution >= 0.6 is 11.3 Å². The van der Waals surface area contributed by atoms with E-state index in [1.165, 1.54) is 10.4 Å². The molecule has 0 saturated heterocycles. The first kappa shape index (κ1) is 10.5. The molecule has 1 aliphatic rings. The maximum Gasteiger partial charge on any atom is 0.317 e. The Balaban J connectivity index is 1.94. The number of carbonyl (C=O) groups is 1. The van der Waals surface area contributed by atoms with Gasteiger partial charge in [-0.3, -0.25) is 0 Å². The summed E-state index contributed by atoms with van der Waals surface area (Å²) in [5.74, 6) is 0. The Morgan fingerprint density at radius 3 is 3.33 bits per heavy atom. The third-order valence-electron chi connectivity index (χ3n) is 2.62. The van der Waals surface area contributed by atoms with Crippen molar-refractivity contribution < 1.29 is 4.79 Å². The highest BCUT2D eigenvalue weighted by Gasteiger charge is 2.20. The van der Waals surface area contributed by atoms with Crippen LogP contribution in [0.3, 0.4) is 0 Å². The summed E-state index contributed by atoms with van der Waals surface area (Å²) in [7, 11) is 0. The van der Waals surface area contributed by atoms with Crippen molar-refractivity contribution in [2.45, 2.75) is 26.3 Å². The molecule has 0 bridgehead atoms. The second-order valence-electron chi connectivity index (χ2n) is 3.77. The van der Waals surface area contributed by atoms with Crippen molar-refractivity contribution >= 4 is 17.4 Å². The van der Waals surface area contributed by atoms with E-state index in [0.29, 0.717) is 0 Å². The number of urea groups is 1. The molecular weight excluding hydrogens is 208 g/mol. The van der Waals surface area contributed by atoms with Gasteiger partial charge < -0.3 is 10.2 Å². The molecule has 2 amide bonds. The second kappa shape index (κ2) is 4.66. The maximum atomic E-state index is 11.7. The molecule has 0 spiro atoms. The quantitative estimate of drug-likeness (QED) is 0.821. The lowest BCUT2D eigenvalue weighted by atomic mass is 10.1. The number of nitrogens with one attached hydrogen (secondary N) is 1. The summed E-state index contributed by atoms with van der Waals surface area (Å²) in [5, 5.41) is 5.02. The second-order valence-corrected chi connectivity index (χ2v) is 4.77. The lowest BCUT2D eigenvalue weighted by Gasteiger charge is -2.27. The molecule has 1 N–H and O–H groups in total. The highest BCUT2D eigenvalue weighted by atomic mass is 32.1. The molecule has 0 saturated carbocycles. The molecule has 0 unspecified atom stereocenters. The highest BCUT2D eigenvalue weighted by molar-refractivity contribution is 7.10. The van der Waals surface area contributed by atoms with E-state index in [1.807, 2.05) is 4.90 Å². The first-order valence-corrected chi connectivity index (χ1v) is 6.27. The van der Waals surface area contributed by atoms with E-state index in [-0.39, 0.29) is 6.03 Å². The van der Waals surface area contributed by atoms with Crippen LogP contribution in [0.2, 0.25) is 0 Å². The number of thiophene rings is 1. The molecule has 2 rings (SSSR count). The fraction of sp³-hybridized carbons (Fsp3) is 0.545. The molecule has 2 heterocycles. The highest BCUT2D eigenvalue weighted by Crippen LogP contribution is 2.23. The van der Waals surface area contributed by atoms with E-state index in [9.17, 15) is 4.79 Å². The third-order valence-corrected chi connectivity index (χ3v) is 3.64. The summed E-state index contributed by atoms with van der Waals surface area (Å²) in [6.45, 7) is 4.46. The molecule has 3 nitrogen and oxygen atoms in total. The fourth-order valence-electron chi connectivity index (χ4n) is 1.77. The van der Waals surface area contributed by atoms with Crippen molar-refractivity contribution in [3.8, 4) is 0 Å². The van der Waals surface area contributed by atoms with E-state index in [4.69, 9.17) is 0 Å². The topological polar surface area (TPSA) is 32.3 Å². The van der Waals surface area contributed by atoms with Crippen molar-refractivity contribution in [1.29, 1.82) is 0 Å². The zero-order chi connectivity index (χ0) is 10.7. The lowest BCUT2D eigenvalue weighted by molar-refractivity contribution is 0.193. The number of hydrogen-bond donors (Lipinski definition) is 1. The normalized spacial score (nSPS) is 14.9. The van der Waals surface area contributed by atoms with Crippen molar-refractivity contribution in [3.63, 3.8) is 0 Å². The minimum Gasteiger partial charge on any atom is -0.338 e. The van der Waals surface area contributed by atoms with Gasteiger partial charge in [-0.1, -0.05) is 6.92 Å². The predicted octanol–water partition coefficient (Wildman–Crippen LogP) is 2.23. The zero-order valence-corrected chi connectivity index (χ0v) is 9.77. The standard InChI is InChI=1S/C11H16N2OS/c1-2-5-12-11(14)13-6-3-10-9(8-13)4-7-15-10/h4,7H,2-3,5-6,8H2,1H3,(H,12,14). The Labute approximate surface area is 94.1 Å². The van der Waals surface area contributed by atoms with Crippen LogP contribution in [0.4, 0.5) is 4.79 Å². The van der Waals surface area contributed by atoms with Crippen molar-refractivity contribution in [2.75, 3.05) is 13.1 Å². The molecular formula is C11H16N2OS. The molecule has 15 heavy (non-hydrogen) atoms. The molecule has 0 fully saturated rings. The van der Waals surface area contributed by atoms with Gasteiger partial charge in [-0.25, -0.2) is 4.79 Å². The molecule has 0 radical (unpaired) electrons. The fourth-order valence-corrected chi connectivity index (χ4v) is 2.66. The molecule has 4 heteroatoms. The molecule has 82 valence electrons. The van der Waals surface area contributed by atoms with E-state index >= 15 is 0 Å². The molecule has 1 aromatic rings. The average molecular weight is 224 g/mol. The summed E-state index contributed by atoms with van der Waals surface area (Å²) < 4.78 is 0. The summed E-state index contributed by atoms with van der Waals surface area (Å²) in [6, 6.07) is 2.20. The van der Waals surface area contributed by atoms with Crippen LogP contribution in [0.25, 0.3) is 0 Å². The number of carbonyl (C=O) groups excluding carboxylic acids is 1. The van der Waals surface area contributed by atoms with Gasteiger partial charge >= 0.3 is 6.03 Å². The summed E-state index contributed by atoms with van der Waals surface area (Å²) in [4.78, 5) is 15.0. The van der Waals surface area contributed by atoms with Gasteiger partial charge in [-0.05, 0) is 29.9 Å². The number of fused-ring (bicyclic) bond motifs is 1. The van der Waals surface area contributed by atoms with Gasteiger partial charge in [0.2, 0.25) is 0 Å². The van der Waals surface area contributed by atoms with Crippen LogP contribution in [0, 0.1) is 0 Å². The smallest absolute Gasteiger partial charge is 0.317 e. The Morgan fingerprint density at radius 2 is 2.53 bits per heavy atom. The summed E-state index contributed by atoms with van der Waals surface area (Å²) in [5.41, 5.74) is 1.32. The Kier molecular flexibility index (Phi) is 3.26. The lowest BCUT2D eigenvalue weighted by Crippen LogP contribution is -2.42. The number of hydrogen-bond acceptors (Lipinski definition) is 2. The summed E-state index contributed by atoms with van der Waals surface area (Å²) in [6.07, 6.45) is 2.00. The summed E-state index contributed by atoms with van der Waals surface area (Å²) >= 11 is 1.80. The Bertz CT molecular complexity index is 348. The third kappa shape index (κ3) is 2.31. The molecule has 1 aliphatic heterocycles. The van der Waals surface area contributed by atoms with Gasteiger partial charge in [-0.15, -0.1) is 11.3 Å². The first-order chi connectivity index (χ1) is 7.31. The van der Waals surface area contributed by atoms with Crippen LogP contribution in [0.15, 0.2) is 11.4 Å². The van der Waals surface area contributed by atoms with E-state index in [1.54, 1.807) is 11.3 Å². The van der Waals surface area contributed by atoms with Gasteiger partial charge in [-0.2, -0.15) is 0 Å². The first-order valence-electron chi connectivity index (χ1n) is 5.39. The van der Waals surface area contributed by atoms with Crippen molar-refractivity contribution in [2.24, 2.45) is 0 Å². The van der Waals surface area contributed by atoms with Crippen LogP contribution in [-0.4, -0.2) is 24.0 Å². The van der Waals surface area contributed by atoms with Crippen LogP contribution in [0.5, 0.6) is 0 Å². The zero-order valence-electron chi connectivity index (χ0n) is 8.95. The van der Waals surface area contributed by atoms with Gasteiger partial charge in [0.15, 0.2) is 0 Å². The van der Waals surface area contributed by atoms with Gasteiger partial charge in [0, 0.05) is 24.5 Å². The van der Waals surface area contributed by atoms with Gasteiger partial charge in [0.1, 0.15) is 0 Å². The number of nitrogens with zero attached hydrogens (tertiary/aromatic N) is 1. The minimum atomic E-state index is 0.0775. The van der Waals surface area contributed by atoms with E-state index in [0.717, 1.165) is 32.5 Å². The van der Waals surface area contributed by atoms with Crippen molar-refractivity contribution in [3.05, 3.63) is 21.9 Å². The number of amides is 2. The van der Waals surface area contributed by atoms with E-state index < -0.39 is 0 Å². The average Bonchev–Trinajstić information content (AvgIpc) is 2.72. The SMILES string of the molecule is CCCNC(=O)N1CCc2sccc2C1. The monoisotopic (exact) mass is 224 g/mol. The maximum absolute atomic E-state index is 11.7. The van der Waals surface area contributed by atoms with Gasteiger partial charge in [0.25, 0.3) is 0 Å². The van der Waals surface area contributed by atoms with Crippen LogP contribution in [-0.2, 0) is 13.0 Å². The predicted molar refractivity (Wildman–Crippen MR) is 62.1 cm³/mol. The van der Waals surface area contributed by atoms with Crippen LogP contribution in [0.1, 0.15) is 23.8 Å². The van der Waals surface area contributed by atoms with Crippen LogP contribution < -0.4 is 5.32 Å². The van der Waals surface area contributed by atoms with Gasteiger partial charge in [0.05, 0.1) is 0 Å². The largest absolute Gasteiger partial charge is 0.338 e. The Hall–Kier alpha value is -1.03. The molecule has 0 aromatic carbocycles. The molecule has 0 aliphatic carbocycles. The molecule has 1 aromatic heterocycles. The minimum absolute atomic E-state index is 0.0775.